The Morgan fingerprint density at radius 3 is 2.72 bits per heavy atom. The molecule has 3 rings (SSSR count). The highest BCUT2D eigenvalue weighted by atomic mass is 16.6. The van der Waals surface area contributed by atoms with Crippen molar-refractivity contribution >= 4 is 24.0 Å². The Morgan fingerprint density at radius 1 is 1.24 bits per heavy atom. The number of cyclic esters (lactones) is 1. The van der Waals surface area contributed by atoms with Crippen LogP contribution in [0.1, 0.15) is 5.56 Å². The zero-order valence-corrected chi connectivity index (χ0v) is 15.7. The van der Waals surface area contributed by atoms with Crippen molar-refractivity contribution in [3.05, 3.63) is 42.2 Å². The highest BCUT2D eigenvalue weighted by Gasteiger charge is 2.20. The quantitative estimate of drug-likeness (QED) is 0.387. The predicted molar refractivity (Wildman–Crippen MR) is 107 cm³/mol. The molecular formula is C18H22N8O3. The van der Waals surface area contributed by atoms with Crippen LogP contribution in [0.15, 0.2) is 41.7 Å². The van der Waals surface area contributed by atoms with Gasteiger partial charge in [0.1, 0.15) is 6.61 Å². The van der Waals surface area contributed by atoms with E-state index in [2.05, 4.69) is 25.6 Å². The van der Waals surface area contributed by atoms with E-state index in [0.29, 0.717) is 32.2 Å². The fourth-order valence-electron chi connectivity index (χ4n) is 2.70. The van der Waals surface area contributed by atoms with Crippen LogP contribution in [0.2, 0.25) is 0 Å². The van der Waals surface area contributed by atoms with Crippen LogP contribution >= 0.6 is 0 Å². The second kappa shape index (κ2) is 9.35. The normalized spacial score (nSPS) is 13.0. The van der Waals surface area contributed by atoms with Crippen molar-refractivity contribution in [2.45, 2.75) is 6.54 Å². The first-order valence-electron chi connectivity index (χ1n) is 8.95. The Labute approximate surface area is 167 Å². The third kappa shape index (κ3) is 5.79. The monoisotopic (exact) mass is 398 g/mol. The molecule has 2 aromatic rings. The molecule has 0 aliphatic carbocycles. The Kier molecular flexibility index (Phi) is 6.40. The van der Waals surface area contributed by atoms with Crippen LogP contribution in [0.3, 0.4) is 0 Å². The number of nitrogens with one attached hydrogen (secondary N) is 2. The highest BCUT2D eigenvalue weighted by Crippen LogP contribution is 2.19. The van der Waals surface area contributed by atoms with Crippen LogP contribution in [-0.4, -0.2) is 59.2 Å². The smallest absolute Gasteiger partial charge is 0.409 e. The van der Waals surface area contributed by atoms with Gasteiger partial charge in [-0.05, 0) is 17.2 Å². The largest absolute Gasteiger partial charge is 0.448 e. The number of nitrogens with zero attached hydrogens (tertiary/aromatic N) is 4. The molecule has 2 heterocycles. The molecule has 1 saturated heterocycles. The number of hydrogen-bond donors (Lipinski definition) is 4. The number of amides is 3. The van der Waals surface area contributed by atoms with Gasteiger partial charge < -0.3 is 31.7 Å². The number of urea groups is 1. The van der Waals surface area contributed by atoms with Gasteiger partial charge in [0.05, 0.1) is 6.54 Å². The lowest BCUT2D eigenvalue weighted by Gasteiger charge is -2.12. The Morgan fingerprint density at radius 2 is 2.03 bits per heavy atom. The summed E-state index contributed by atoms with van der Waals surface area (Å²) in [7, 11) is 0. The van der Waals surface area contributed by atoms with E-state index in [0.717, 1.165) is 16.7 Å². The first-order valence-corrected chi connectivity index (χ1v) is 8.95. The molecule has 11 heteroatoms. The lowest BCUT2D eigenvalue weighted by atomic mass is 10.1. The van der Waals surface area contributed by atoms with E-state index in [9.17, 15) is 9.59 Å². The SMILES string of the molecule is NC(N)=NC(=O)NCc1cccc(-c2cnc(NCCN3CCOC3=O)nc2)c1. The zero-order valence-electron chi connectivity index (χ0n) is 15.7. The van der Waals surface area contributed by atoms with Gasteiger partial charge in [-0.15, -0.1) is 0 Å². The van der Waals surface area contributed by atoms with Crippen molar-refractivity contribution in [1.29, 1.82) is 0 Å². The molecule has 1 aromatic heterocycles. The summed E-state index contributed by atoms with van der Waals surface area (Å²) in [5.41, 5.74) is 12.9. The van der Waals surface area contributed by atoms with E-state index in [-0.39, 0.29) is 18.6 Å². The van der Waals surface area contributed by atoms with Crippen molar-refractivity contribution in [2.75, 3.05) is 31.6 Å². The number of aliphatic imine (C=N–C) groups is 1. The topological polar surface area (TPSA) is 161 Å². The number of benzene rings is 1. The van der Waals surface area contributed by atoms with Crippen molar-refractivity contribution in [1.82, 2.24) is 20.2 Å². The maximum absolute atomic E-state index is 11.5. The number of guanidine groups is 1. The third-order valence-electron chi connectivity index (χ3n) is 4.10. The second-order valence-corrected chi connectivity index (χ2v) is 6.22. The number of hydrogen-bond acceptors (Lipinski definition) is 6. The van der Waals surface area contributed by atoms with Crippen LogP contribution in [0, 0.1) is 0 Å². The van der Waals surface area contributed by atoms with Crippen molar-refractivity contribution < 1.29 is 14.3 Å². The van der Waals surface area contributed by atoms with E-state index in [1.54, 1.807) is 17.3 Å². The number of nitrogens with two attached hydrogens (primary N) is 2. The van der Waals surface area contributed by atoms with E-state index >= 15 is 0 Å². The van der Waals surface area contributed by atoms with Gasteiger partial charge in [0.15, 0.2) is 5.96 Å². The summed E-state index contributed by atoms with van der Waals surface area (Å²) < 4.78 is 4.88. The molecule has 0 unspecified atom stereocenters. The van der Waals surface area contributed by atoms with Crippen LogP contribution in [-0.2, 0) is 11.3 Å². The number of carbonyl (C=O) groups excluding carboxylic acids is 2. The second-order valence-electron chi connectivity index (χ2n) is 6.22. The Bertz CT molecular complexity index is 896. The van der Waals surface area contributed by atoms with Gasteiger partial charge in [-0.3, -0.25) is 0 Å². The molecular weight excluding hydrogens is 376 g/mol. The molecule has 11 nitrogen and oxygen atoms in total. The molecule has 1 aliphatic heterocycles. The van der Waals surface area contributed by atoms with Gasteiger partial charge in [0, 0.05) is 37.6 Å². The average molecular weight is 398 g/mol. The maximum Gasteiger partial charge on any atom is 0.409 e. The molecule has 0 spiro atoms. The summed E-state index contributed by atoms with van der Waals surface area (Å²) in [6.45, 7) is 2.37. The summed E-state index contributed by atoms with van der Waals surface area (Å²) in [4.78, 5) is 36.5. The molecule has 29 heavy (non-hydrogen) atoms. The fraction of sp³-hybridized carbons (Fsp3) is 0.278. The van der Waals surface area contributed by atoms with Gasteiger partial charge in [0.25, 0.3) is 0 Å². The minimum Gasteiger partial charge on any atom is -0.448 e. The number of carbonyl (C=O) groups is 2. The Balaban J connectivity index is 1.54. The Hall–Kier alpha value is -3.89. The average Bonchev–Trinajstić information content (AvgIpc) is 3.11. The minimum atomic E-state index is -0.601. The number of aromatic nitrogens is 2. The highest BCUT2D eigenvalue weighted by molar-refractivity contribution is 5.90. The summed E-state index contributed by atoms with van der Waals surface area (Å²) in [5, 5.41) is 5.68. The molecule has 0 radical (unpaired) electrons. The van der Waals surface area contributed by atoms with Gasteiger partial charge in [-0.25, -0.2) is 19.6 Å². The number of rotatable bonds is 7. The summed E-state index contributed by atoms with van der Waals surface area (Å²) in [6, 6.07) is 6.99. The zero-order chi connectivity index (χ0) is 20.6. The van der Waals surface area contributed by atoms with E-state index in [1.807, 2.05) is 24.3 Å². The lowest BCUT2D eigenvalue weighted by Crippen LogP contribution is -2.30. The fourth-order valence-corrected chi connectivity index (χ4v) is 2.70. The minimum absolute atomic E-state index is 0.281. The molecule has 1 aliphatic rings. The van der Waals surface area contributed by atoms with Crippen LogP contribution in [0.25, 0.3) is 11.1 Å². The third-order valence-corrected chi connectivity index (χ3v) is 4.10. The molecule has 3 amide bonds. The number of ether oxygens (including phenoxy) is 1. The van der Waals surface area contributed by atoms with E-state index in [4.69, 9.17) is 16.2 Å². The summed E-state index contributed by atoms with van der Waals surface area (Å²) >= 11 is 0. The van der Waals surface area contributed by atoms with E-state index in [1.165, 1.54) is 0 Å². The maximum atomic E-state index is 11.5. The standard InChI is InChI=1S/C18H22N8O3/c19-15(20)25-17(27)24-9-12-2-1-3-13(8-12)14-10-22-16(23-11-14)21-4-5-26-6-7-29-18(26)28/h1-3,8,10-11H,4-7,9H2,(H,21,22,23)(H5,19,20,24,25,27). The van der Waals surface area contributed by atoms with Crippen LogP contribution in [0.5, 0.6) is 0 Å². The van der Waals surface area contributed by atoms with Crippen molar-refractivity contribution in [2.24, 2.45) is 16.5 Å². The van der Waals surface area contributed by atoms with Gasteiger partial charge in [0.2, 0.25) is 5.95 Å². The van der Waals surface area contributed by atoms with Crippen molar-refractivity contribution in [3.8, 4) is 11.1 Å². The summed E-state index contributed by atoms with van der Waals surface area (Å²) in [6.07, 6.45) is 3.12. The first kappa shape index (κ1) is 19.9. The van der Waals surface area contributed by atoms with Gasteiger partial charge in [-0.1, -0.05) is 18.2 Å². The van der Waals surface area contributed by atoms with Gasteiger partial charge in [-0.2, -0.15) is 4.99 Å². The molecule has 1 aromatic carbocycles. The molecule has 0 saturated carbocycles. The summed E-state index contributed by atoms with van der Waals surface area (Å²) in [5.74, 6) is 0.185. The predicted octanol–water partition coefficient (Wildman–Crippen LogP) is 0.491. The molecule has 1 fully saturated rings. The van der Waals surface area contributed by atoms with Gasteiger partial charge >= 0.3 is 12.1 Å². The van der Waals surface area contributed by atoms with Crippen molar-refractivity contribution in [3.63, 3.8) is 0 Å². The molecule has 6 N–H and O–H groups in total. The van der Waals surface area contributed by atoms with E-state index < -0.39 is 6.03 Å². The lowest BCUT2D eigenvalue weighted by molar-refractivity contribution is 0.159. The van der Waals surface area contributed by atoms with Crippen LogP contribution in [0.4, 0.5) is 15.5 Å². The molecule has 0 atom stereocenters. The first-order chi connectivity index (χ1) is 14.0. The molecule has 0 bridgehead atoms. The van der Waals surface area contributed by atoms with Crippen LogP contribution < -0.4 is 22.1 Å². The molecule has 152 valence electrons. The number of anilines is 1.